The molecule has 3 nitrogen and oxygen atoms in total. The second-order valence-corrected chi connectivity index (χ2v) is 6.28. The molecular weight excluding hydrogens is 250 g/mol. The summed E-state index contributed by atoms with van der Waals surface area (Å²) in [6, 6.07) is 9.65. The van der Waals surface area contributed by atoms with Gasteiger partial charge in [0.05, 0.1) is 12.6 Å². The normalized spacial score (nSPS) is 16.4. The third-order valence-corrected chi connectivity index (χ3v) is 3.64. The Bertz CT molecular complexity index is 365. The predicted octanol–water partition coefficient (Wildman–Crippen LogP) is 3.34. The van der Waals surface area contributed by atoms with Crippen LogP contribution in [-0.2, 0) is 4.74 Å². The fraction of sp³-hybridized carbons (Fsp3) is 0.647. The summed E-state index contributed by atoms with van der Waals surface area (Å²) in [4.78, 5) is 0. The van der Waals surface area contributed by atoms with Crippen LogP contribution in [0, 0.1) is 17.8 Å². The summed E-state index contributed by atoms with van der Waals surface area (Å²) < 4.78 is 5.61. The zero-order valence-corrected chi connectivity index (χ0v) is 13.1. The van der Waals surface area contributed by atoms with Crippen molar-refractivity contribution in [1.82, 2.24) is 0 Å². The summed E-state index contributed by atoms with van der Waals surface area (Å²) in [6.07, 6.45) is 0.214. The fourth-order valence-electron chi connectivity index (χ4n) is 2.38. The summed E-state index contributed by atoms with van der Waals surface area (Å²) >= 11 is 0. The van der Waals surface area contributed by atoms with E-state index in [1.807, 2.05) is 30.3 Å². The molecule has 1 rings (SSSR count). The number of rotatable bonds is 8. The van der Waals surface area contributed by atoms with Gasteiger partial charge in [-0.2, -0.15) is 0 Å². The summed E-state index contributed by atoms with van der Waals surface area (Å²) in [7, 11) is 0. The van der Waals surface area contributed by atoms with Crippen molar-refractivity contribution in [3.63, 3.8) is 0 Å². The van der Waals surface area contributed by atoms with Gasteiger partial charge in [-0.3, -0.25) is 0 Å². The molecule has 0 aliphatic heterocycles. The van der Waals surface area contributed by atoms with E-state index in [2.05, 4.69) is 27.7 Å². The molecule has 0 aliphatic carbocycles. The first-order valence-corrected chi connectivity index (χ1v) is 7.52. The second kappa shape index (κ2) is 8.40. The molecule has 0 fully saturated rings. The van der Waals surface area contributed by atoms with Gasteiger partial charge in [-0.1, -0.05) is 58.0 Å². The Morgan fingerprint density at radius 1 is 1.10 bits per heavy atom. The van der Waals surface area contributed by atoms with Crippen molar-refractivity contribution < 1.29 is 9.84 Å². The molecule has 0 heterocycles. The zero-order chi connectivity index (χ0) is 15.1. The first-order valence-electron chi connectivity index (χ1n) is 7.52. The van der Waals surface area contributed by atoms with Crippen molar-refractivity contribution in [3.8, 4) is 0 Å². The number of hydrogen-bond donors (Lipinski definition) is 2. The van der Waals surface area contributed by atoms with Gasteiger partial charge in [0.25, 0.3) is 0 Å². The molecule has 3 atom stereocenters. The third-order valence-electron chi connectivity index (χ3n) is 3.64. The van der Waals surface area contributed by atoms with E-state index in [1.165, 1.54) is 0 Å². The molecule has 0 radical (unpaired) electrons. The lowest BCUT2D eigenvalue weighted by Gasteiger charge is -2.28. The van der Waals surface area contributed by atoms with Gasteiger partial charge in [0.15, 0.2) is 6.29 Å². The molecule has 0 amide bonds. The molecule has 3 heteroatoms. The van der Waals surface area contributed by atoms with Crippen LogP contribution in [0.1, 0.15) is 45.7 Å². The maximum atomic E-state index is 10.2. The Kier molecular flexibility index (Phi) is 7.20. The van der Waals surface area contributed by atoms with Crippen LogP contribution >= 0.6 is 0 Å². The van der Waals surface area contributed by atoms with Crippen molar-refractivity contribution >= 4 is 0 Å². The molecule has 0 aliphatic rings. The van der Waals surface area contributed by atoms with Crippen LogP contribution in [0.25, 0.3) is 0 Å². The summed E-state index contributed by atoms with van der Waals surface area (Å²) in [5, 5.41) is 10.2. The summed E-state index contributed by atoms with van der Waals surface area (Å²) in [5.74, 6) is 1.08. The highest BCUT2D eigenvalue weighted by Crippen LogP contribution is 2.25. The fourth-order valence-corrected chi connectivity index (χ4v) is 2.38. The molecular formula is C17H29NO2. The van der Waals surface area contributed by atoms with Crippen LogP contribution in [0.15, 0.2) is 30.3 Å². The minimum atomic E-state index is -0.743. The summed E-state index contributed by atoms with van der Waals surface area (Å²) in [6.45, 7) is 8.91. The molecule has 3 N–H and O–H groups in total. The van der Waals surface area contributed by atoms with Crippen molar-refractivity contribution in [2.75, 3.05) is 6.61 Å². The third kappa shape index (κ3) is 5.61. The van der Waals surface area contributed by atoms with Gasteiger partial charge >= 0.3 is 0 Å². The lowest BCUT2D eigenvalue weighted by atomic mass is 9.87. The van der Waals surface area contributed by atoms with E-state index in [0.29, 0.717) is 18.4 Å². The van der Waals surface area contributed by atoms with Crippen molar-refractivity contribution in [3.05, 3.63) is 35.9 Å². The number of ether oxygens (including phenoxy) is 1. The monoisotopic (exact) mass is 279 g/mol. The lowest BCUT2D eigenvalue weighted by molar-refractivity contribution is -0.150. The topological polar surface area (TPSA) is 55.5 Å². The standard InChI is InChI=1S/C17H29NO2/c1-12(2)10-15(13(3)4)17(19)20-11-16(18)14-8-6-5-7-9-14/h5-9,12-13,15-17,19H,10-11,18H2,1-4H3. The molecule has 20 heavy (non-hydrogen) atoms. The van der Waals surface area contributed by atoms with Crippen LogP contribution in [-0.4, -0.2) is 18.0 Å². The van der Waals surface area contributed by atoms with Gasteiger partial charge in [-0.25, -0.2) is 0 Å². The Labute approximate surface area is 123 Å². The van der Waals surface area contributed by atoms with Gasteiger partial charge in [-0.05, 0) is 23.8 Å². The molecule has 1 aromatic rings. The van der Waals surface area contributed by atoms with Crippen LogP contribution in [0.2, 0.25) is 0 Å². The average Bonchev–Trinajstić information content (AvgIpc) is 2.42. The molecule has 0 aromatic heterocycles. The highest BCUT2D eigenvalue weighted by atomic mass is 16.6. The van der Waals surface area contributed by atoms with Crippen molar-refractivity contribution in [2.45, 2.75) is 46.4 Å². The van der Waals surface area contributed by atoms with Crippen LogP contribution in [0.3, 0.4) is 0 Å². The number of hydrogen-bond acceptors (Lipinski definition) is 3. The van der Waals surface area contributed by atoms with Crippen LogP contribution in [0.5, 0.6) is 0 Å². The molecule has 0 spiro atoms. The maximum absolute atomic E-state index is 10.2. The second-order valence-electron chi connectivity index (χ2n) is 6.28. The highest BCUT2D eigenvalue weighted by Gasteiger charge is 2.24. The van der Waals surface area contributed by atoms with E-state index in [4.69, 9.17) is 10.5 Å². The molecule has 0 bridgehead atoms. The van der Waals surface area contributed by atoms with E-state index in [-0.39, 0.29) is 12.0 Å². The van der Waals surface area contributed by atoms with Gasteiger partial charge in [0.2, 0.25) is 0 Å². The molecule has 1 aromatic carbocycles. The zero-order valence-electron chi connectivity index (χ0n) is 13.1. The van der Waals surface area contributed by atoms with Gasteiger partial charge in [0.1, 0.15) is 0 Å². The van der Waals surface area contributed by atoms with E-state index in [0.717, 1.165) is 12.0 Å². The molecule has 0 saturated heterocycles. The van der Waals surface area contributed by atoms with E-state index in [9.17, 15) is 5.11 Å². The van der Waals surface area contributed by atoms with E-state index < -0.39 is 6.29 Å². The first-order chi connectivity index (χ1) is 9.41. The minimum absolute atomic E-state index is 0.151. The SMILES string of the molecule is CC(C)CC(C(C)C)C(O)OCC(N)c1ccccc1. The highest BCUT2D eigenvalue weighted by molar-refractivity contribution is 5.18. The van der Waals surface area contributed by atoms with Gasteiger partial charge in [0, 0.05) is 5.92 Å². The lowest BCUT2D eigenvalue weighted by Crippen LogP contribution is -2.31. The predicted molar refractivity (Wildman–Crippen MR) is 83.1 cm³/mol. The number of aliphatic hydroxyl groups excluding tert-OH is 1. The van der Waals surface area contributed by atoms with Crippen LogP contribution in [0.4, 0.5) is 0 Å². The maximum Gasteiger partial charge on any atom is 0.157 e. The first kappa shape index (κ1) is 17.2. The van der Waals surface area contributed by atoms with Gasteiger partial charge < -0.3 is 15.6 Å². The number of benzene rings is 1. The Balaban J connectivity index is 2.50. The van der Waals surface area contributed by atoms with Gasteiger partial charge in [-0.15, -0.1) is 0 Å². The Morgan fingerprint density at radius 3 is 2.20 bits per heavy atom. The quantitative estimate of drug-likeness (QED) is 0.718. The Hall–Kier alpha value is -0.900. The van der Waals surface area contributed by atoms with Crippen LogP contribution < -0.4 is 5.73 Å². The average molecular weight is 279 g/mol. The molecule has 3 unspecified atom stereocenters. The molecule has 0 saturated carbocycles. The number of nitrogens with two attached hydrogens (primary N) is 1. The Morgan fingerprint density at radius 2 is 1.70 bits per heavy atom. The smallest absolute Gasteiger partial charge is 0.157 e. The van der Waals surface area contributed by atoms with Crippen molar-refractivity contribution in [2.24, 2.45) is 23.5 Å². The van der Waals surface area contributed by atoms with E-state index in [1.54, 1.807) is 0 Å². The minimum Gasteiger partial charge on any atom is -0.368 e. The van der Waals surface area contributed by atoms with Crippen molar-refractivity contribution in [1.29, 1.82) is 0 Å². The largest absolute Gasteiger partial charge is 0.368 e. The number of aliphatic hydroxyl groups is 1. The van der Waals surface area contributed by atoms with E-state index >= 15 is 0 Å². The molecule has 114 valence electrons. The summed E-state index contributed by atoms with van der Waals surface area (Å²) in [5.41, 5.74) is 7.12.